The molecule has 2 N–H and O–H groups in total. The lowest BCUT2D eigenvalue weighted by atomic mass is 10.1. The van der Waals surface area contributed by atoms with Gasteiger partial charge in [-0.2, -0.15) is 0 Å². The van der Waals surface area contributed by atoms with Crippen LogP contribution in [0.2, 0.25) is 5.28 Å². The van der Waals surface area contributed by atoms with Crippen molar-refractivity contribution in [2.24, 2.45) is 0 Å². The molecule has 0 amide bonds. The van der Waals surface area contributed by atoms with E-state index in [0.717, 1.165) is 18.9 Å². The van der Waals surface area contributed by atoms with Crippen LogP contribution >= 0.6 is 11.6 Å². The highest BCUT2D eigenvalue weighted by molar-refractivity contribution is 6.28. The summed E-state index contributed by atoms with van der Waals surface area (Å²) in [7, 11) is 0. The lowest BCUT2D eigenvalue weighted by Crippen LogP contribution is -2.38. The van der Waals surface area contributed by atoms with Gasteiger partial charge < -0.3 is 10.6 Å². The third kappa shape index (κ3) is 5.54. The number of hydrogen-bond acceptors (Lipinski definition) is 4. The summed E-state index contributed by atoms with van der Waals surface area (Å²) in [5, 5.41) is 6.80. The second-order valence-corrected chi connectivity index (χ2v) is 4.65. The van der Waals surface area contributed by atoms with Gasteiger partial charge in [-0.25, -0.2) is 9.97 Å². The van der Waals surface area contributed by atoms with Crippen molar-refractivity contribution in [3.05, 3.63) is 17.5 Å². The summed E-state index contributed by atoms with van der Waals surface area (Å²) >= 11 is 5.65. The molecule has 0 bridgehead atoms. The summed E-state index contributed by atoms with van der Waals surface area (Å²) in [6.07, 6.45) is 1.63. The maximum atomic E-state index is 5.65. The molecule has 84 valence electrons. The number of anilines is 1. The summed E-state index contributed by atoms with van der Waals surface area (Å²) in [4.78, 5) is 7.83. The molecule has 0 aromatic carbocycles. The van der Waals surface area contributed by atoms with Crippen LogP contribution in [0.5, 0.6) is 0 Å². The average Bonchev–Trinajstić information content (AvgIpc) is 2.11. The van der Waals surface area contributed by atoms with Crippen molar-refractivity contribution in [2.45, 2.75) is 26.3 Å². The zero-order valence-electron chi connectivity index (χ0n) is 9.34. The molecule has 0 atom stereocenters. The Balaban J connectivity index is 2.26. The molecule has 15 heavy (non-hydrogen) atoms. The van der Waals surface area contributed by atoms with Gasteiger partial charge in [0.2, 0.25) is 5.28 Å². The highest BCUT2D eigenvalue weighted by Crippen LogP contribution is 2.05. The third-order valence-corrected chi connectivity index (χ3v) is 1.89. The fraction of sp³-hybridized carbons (Fsp3) is 0.600. The molecule has 0 spiro atoms. The third-order valence-electron chi connectivity index (χ3n) is 1.71. The van der Waals surface area contributed by atoms with E-state index in [4.69, 9.17) is 11.6 Å². The van der Waals surface area contributed by atoms with Gasteiger partial charge in [0.25, 0.3) is 0 Å². The van der Waals surface area contributed by atoms with Crippen LogP contribution < -0.4 is 10.6 Å². The Morgan fingerprint density at radius 3 is 2.67 bits per heavy atom. The summed E-state index contributed by atoms with van der Waals surface area (Å²) in [5.74, 6) is 0.755. The first kappa shape index (κ1) is 12.2. The predicted octanol–water partition coefficient (Wildman–Crippen LogP) is 1.93. The maximum Gasteiger partial charge on any atom is 0.224 e. The molecule has 1 aromatic rings. The van der Waals surface area contributed by atoms with E-state index in [1.54, 1.807) is 12.3 Å². The number of hydrogen-bond donors (Lipinski definition) is 2. The van der Waals surface area contributed by atoms with E-state index in [0.29, 0.717) is 0 Å². The minimum absolute atomic E-state index is 0.144. The first-order valence-electron chi connectivity index (χ1n) is 4.95. The topological polar surface area (TPSA) is 49.8 Å². The van der Waals surface area contributed by atoms with E-state index in [9.17, 15) is 0 Å². The van der Waals surface area contributed by atoms with Crippen LogP contribution in [0.25, 0.3) is 0 Å². The molecule has 0 unspecified atom stereocenters. The molecular formula is C10H17ClN4. The van der Waals surface area contributed by atoms with Crippen LogP contribution in [0.1, 0.15) is 20.8 Å². The fourth-order valence-corrected chi connectivity index (χ4v) is 1.21. The summed E-state index contributed by atoms with van der Waals surface area (Å²) < 4.78 is 0. The van der Waals surface area contributed by atoms with Gasteiger partial charge in [-0.1, -0.05) is 0 Å². The fourth-order valence-electron chi connectivity index (χ4n) is 1.06. The maximum absolute atomic E-state index is 5.65. The van der Waals surface area contributed by atoms with Crippen molar-refractivity contribution in [3.8, 4) is 0 Å². The van der Waals surface area contributed by atoms with E-state index in [-0.39, 0.29) is 10.8 Å². The molecule has 0 aliphatic heterocycles. The van der Waals surface area contributed by atoms with Gasteiger partial charge >= 0.3 is 0 Å². The Morgan fingerprint density at radius 2 is 2.07 bits per heavy atom. The van der Waals surface area contributed by atoms with Gasteiger partial charge in [0.1, 0.15) is 5.82 Å². The number of aromatic nitrogens is 2. The highest BCUT2D eigenvalue weighted by atomic mass is 35.5. The number of nitrogens with zero attached hydrogens (tertiary/aromatic N) is 2. The lowest BCUT2D eigenvalue weighted by molar-refractivity contribution is 0.435. The van der Waals surface area contributed by atoms with Crippen LogP contribution in [-0.4, -0.2) is 28.6 Å². The Hall–Kier alpha value is -0.870. The first-order chi connectivity index (χ1) is 6.97. The van der Waals surface area contributed by atoms with Crippen molar-refractivity contribution < 1.29 is 0 Å². The molecule has 0 aliphatic carbocycles. The summed E-state index contributed by atoms with van der Waals surface area (Å²) in [6, 6.07) is 1.79. The van der Waals surface area contributed by atoms with E-state index in [1.165, 1.54) is 0 Å². The van der Waals surface area contributed by atoms with Crippen LogP contribution in [0, 0.1) is 0 Å². The Bertz CT molecular complexity index is 309. The predicted molar refractivity (Wildman–Crippen MR) is 63.3 cm³/mol. The van der Waals surface area contributed by atoms with E-state index in [1.807, 2.05) is 0 Å². The smallest absolute Gasteiger partial charge is 0.224 e. The van der Waals surface area contributed by atoms with E-state index in [2.05, 4.69) is 41.4 Å². The van der Waals surface area contributed by atoms with Crippen molar-refractivity contribution >= 4 is 17.4 Å². The largest absolute Gasteiger partial charge is 0.369 e. The minimum atomic E-state index is 0.144. The van der Waals surface area contributed by atoms with Crippen LogP contribution in [-0.2, 0) is 0 Å². The molecule has 0 fully saturated rings. The lowest BCUT2D eigenvalue weighted by Gasteiger charge is -2.20. The molecule has 5 heteroatoms. The number of halogens is 1. The molecular weight excluding hydrogens is 212 g/mol. The van der Waals surface area contributed by atoms with Crippen molar-refractivity contribution in [2.75, 3.05) is 18.4 Å². The van der Waals surface area contributed by atoms with E-state index < -0.39 is 0 Å². The Morgan fingerprint density at radius 1 is 1.33 bits per heavy atom. The van der Waals surface area contributed by atoms with Crippen molar-refractivity contribution in [3.63, 3.8) is 0 Å². The molecule has 0 saturated heterocycles. The molecule has 0 aliphatic rings. The van der Waals surface area contributed by atoms with Gasteiger partial charge in [0.15, 0.2) is 0 Å². The van der Waals surface area contributed by atoms with Gasteiger partial charge in [0.05, 0.1) is 0 Å². The first-order valence-corrected chi connectivity index (χ1v) is 5.33. The zero-order valence-corrected chi connectivity index (χ0v) is 10.1. The van der Waals surface area contributed by atoms with Gasteiger partial charge in [-0.3, -0.25) is 0 Å². The normalized spacial score (nSPS) is 11.5. The van der Waals surface area contributed by atoms with Gasteiger partial charge in [-0.15, -0.1) is 0 Å². The zero-order chi connectivity index (χ0) is 11.3. The Kier molecular flexibility index (Phi) is 4.29. The van der Waals surface area contributed by atoms with Crippen molar-refractivity contribution in [1.29, 1.82) is 0 Å². The molecule has 0 saturated carbocycles. The van der Waals surface area contributed by atoms with Gasteiger partial charge in [-0.05, 0) is 38.4 Å². The number of rotatable bonds is 4. The van der Waals surface area contributed by atoms with Crippen molar-refractivity contribution in [1.82, 2.24) is 15.3 Å². The van der Waals surface area contributed by atoms with Gasteiger partial charge in [0, 0.05) is 24.8 Å². The minimum Gasteiger partial charge on any atom is -0.369 e. The Labute approximate surface area is 95.5 Å². The standard InChI is InChI=1S/C10H17ClN4/c1-10(2,3)14-7-6-12-8-4-5-13-9(11)15-8/h4-5,14H,6-7H2,1-3H3,(H,12,13,15). The highest BCUT2D eigenvalue weighted by Gasteiger charge is 2.06. The van der Waals surface area contributed by atoms with E-state index >= 15 is 0 Å². The summed E-state index contributed by atoms with van der Waals surface area (Å²) in [5.41, 5.74) is 0.144. The second kappa shape index (κ2) is 5.28. The molecule has 1 heterocycles. The summed E-state index contributed by atoms with van der Waals surface area (Å²) in [6.45, 7) is 8.09. The van der Waals surface area contributed by atoms with Crippen LogP contribution in [0.3, 0.4) is 0 Å². The molecule has 0 radical (unpaired) electrons. The molecule has 1 aromatic heterocycles. The quantitative estimate of drug-likeness (QED) is 0.611. The van der Waals surface area contributed by atoms with Crippen LogP contribution in [0.4, 0.5) is 5.82 Å². The monoisotopic (exact) mass is 228 g/mol. The van der Waals surface area contributed by atoms with Crippen LogP contribution in [0.15, 0.2) is 12.3 Å². The average molecular weight is 229 g/mol. The number of nitrogens with one attached hydrogen (secondary N) is 2. The SMILES string of the molecule is CC(C)(C)NCCNc1ccnc(Cl)n1. The molecule has 1 rings (SSSR count). The second-order valence-electron chi connectivity index (χ2n) is 4.31. The molecule has 4 nitrogen and oxygen atoms in total.